The molecule has 2 aliphatic rings. The van der Waals surface area contributed by atoms with Crippen molar-refractivity contribution in [2.24, 2.45) is 5.41 Å². The van der Waals surface area contributed by atoms with Crippen LogP contribution in [0.15, 0.2) is 60.7 Å². The summed E-state index contributed by atoms with van der Waals surface area (Å²) in [5.74, 6) is -0.247. The third-order valence-corrected chi connectivity index (χ3v) is 5.50. The summed E-state index contributed by atoms with van der Waals surface area (Å²) in [4.78, 5) is 12.8. The van der Waals surface area contributed by atoms with Crippen molar-refractivity contribution in [3.63, 3.8) is 0 Å². The lowest BCUT2D eigenvalue weighted by Crippen LogP contribution is -2.50. The summed E-state index contributed by atoms with van der Waals surface area (Å²) in [6.07, 6.45) is 0.658. The molecule has 2 saturated heterocycles. The molecule has 130 valence electrons. The van der Waals surface area contributed by atoms with Gasteiger partial charge in [0.1, 0.15) is 5.41 Å². The monoisotopic (exact) mass is 338 g/mol. The Morgan fingerprint density at radius 1 is 1.04 bits per heavy atom. The van der Waals surface area contributed by atoms with Gasteiger partial charge in [0.2, 0.25) is 0 Å². The number of benzene rings is 2. The fraction of sp³-hybridized carbons (Fsp3) is 0.381. The molecule has 0 saturated carbocycles. The lowest BCUT2D eigenvalue weighted by molar-refractivity contribution is -0.233. The molecular formula is C21H22O4. The van der Waals surface area contributed by atoms with Gasteiger partial charge in [-0.05, 0) is 24.0 Å². The highest BCUT2D eigenvalue weighted by Gasteiger charge is 2.61. The van der Waals surface area contributed by atoms with Crippen LogP contribution >= 0.6 is 0 Å². The van der Waals surface area contributed by atoms with Gasteiger partial charge in [0, 0.05) is 5.92 Å². The SMILES string of the molecule is COC(=O)[C@]12CCO[C@H]1O[C@H](c1ccccc1)C[C@@H]2c1ccccc1. The molecule has 0 aromatic heterocycles. The maximum absolute atomic E-state index is 12.8. The molecule has 0 N–H and O–H groups in total. The highest BCUT2D eigenvalue weighted by atomic mass is 16.7. The Morgan fingerprint density at radius 2 is 1.68 bits per heavy atom. The molecule has 2 fully saturated rings. The van der Waals surface area contributed by atoms with E-state index < -0.39 is 11.7 Å². The van der Waals surface area contributed by atoms with Gasteiger partial charge in [-0.2, -0.15) is 0 Å². The van der Waals surface area contributed by atoms with Crippen molar-refractivity contribution in [3.05, 3.63) is 71.8 Å². The molecule has 4 rings (SSSR count). The molecule has 0 aliphatic carbocycles. The van der Waals surface area contributed by atoms with Crippen molar-refractivity contribution in [2.45, 2.75) is 31.2 Å². The first-order valence-corrected chi connectivity index (χ1v) is 8.71. The predicted molar refractivity (Wildman–Crippen MR) is 92.9 cm³/mol. The Bertz CT molecular complexity index is 730. The summed E-state index contributed by atoms with van der Waals surface area (Å²) in [7, 11) is 1.44. The maximum Gasteiger partial charge on any atom is 0.317 e. The first kappa shape index (κ1) is 16.3. The molecule has 2 heterocycles. The van der Waals surface area contributed by atoms with E-state index in [0.29, 0.717) is 13.0 Å². The zero-order valence-corrected chi connectivity index (χ0v) is 14.3. The number of hydrogen-bond acceptors (Lipinski definition) is 4. The van der Waals surface area contributed by atoms with Gasteiger partial charge in [-0.15, -0.1) is 0 Å². The number of methoxy groups -OCH3 is 1. The Kier molecular flexibility index (Phi) is 4.32. The number of rotatable bonds is 3. The molecule has 4 nitrogen and oxygen atoms in total. The van der Waals surface area contributed by atoms with Crippen molar-refractivity contribution >= 4 is 5.97 Å². The Labute approximate surface area is 147 Å². The molecule has 0 radical (unpaired) electrons. The zero-order valence-electron chi connectivity index (χ0n) is 14.3. The summed E-state index contributed by atoms with van der Waals surface area (Å²) in [6.45, 7) is 0.505. The average molecular weight is 338 g/mol. The second kappa shape index (κ2) is 6.62. The Hall–Kier alpha value is -2.17. The Morgan fingerprint density at radius 3 is 2.32 bits per heavy atom. The summed E-state index contributed by atoms with van der Waals surface area (Å²) in [6, 6.07) is 20.3. The summed E-state index contributed by atoms with van der Waals surface area (Å²) in [5.41, 5.74) is 1.46. The number of esters is 1. The molecule has 2 aliphatic heterocycles. The van der Waals surface area contributed by atoms with Gasteiger partial charge in [0.05, 0.1) is 19.8 Å². The van der Waals surface area contributed by atoms with Gasteiger partial charge in [0.25, 0.3) is 0 Å². The van der Waals surface area contributed by atoms with Gasteiger partial charge >= 0.3 is 5.97 Å². The van der Waals surface area contributed by atoms with E-state index in [1.54, 1.807) is 0 Å². The van der Waals surface area contributed by atoms with E-state index in [0.717, 1.165) is 17.5 Å². The molecule has 0 spiro atoms. The fourth-order valence-electron chi connectivity index (χ4n) is 4.26. The van der Waals surface area contributed by atoms with Crippen LogP contribution in [0.25, 0.3) is 0 Å². The third kappa shape index (κ3) is 2.66. The minimum absolute atomic E-state index is 0.00685. The Balaban J connectivity index is 1.78. The maximum atomic E-state index is 12.8. The average Bonchev–Trinajstić information content (AvgIpc) is 3.13. The van der Waals surface area contributed by atoms with Crippen LogP contribution in [0.4, 0.5) is 0 Å². The van der Waals surface area contributed by atoms with Crippen LogP contribution < -0.4 is 0 Å². The van der Waals surface area contributed by atoms with E-state index in [1.165, 1.54) is 7.11 Å². The molecule has 0 amide bonds. The molecule has 2 aromatic carbocycles. The molecule has 25 heavy (non-hydrogen) atoms. The predicted octanol–water partition coefficient (Wildman–Crippen LogP) is 3.84. The first-order chi connectivity index (χ1) is 12.3. The van der Waals surface area contributed by atoms with Crippen molar-refractivity contribution in [1.29, 1.82) is 0 Å². The molecule has 4 atom stereocenters. The molecule has 0 bridgehead atoms. The third-order valence-electron chi connectivity index (χ3n) is 5.50. The number of carbonyl (C=O) groups excluding carboxylic acids is 1. The second-order valence-corrected chi connectivity index (χ2v) is 6.72. The van der Waals surface area contributed by atoms with Crippen molar-refractivity contribution in [1.82, 2.24) is 0 Å². The number of ether oxygens (including phenoxy) is 3. The number of carbonyl (C=O) groups is 1. The lowest BCUT2D eigenvalue weighted by Gasteiger charge is -2.45. The highest BCUT2D eigenvalue weighted by molar-refractivity contribution is 5.79. The van der Waals surface area contributed by atoms with Crippen molar-refractivity contribution in [3.8, 4) is 0 Å². The van der Waals surface area contributed by atoms with E-state index in [-0.39, 0.29) is 18.0 Å². The van der Waals surface area contributed by atoms with E-state index in [4.69, 9.17) is 14.2 Å². The minimum atomic E-state index is -0.776. The first-order valence-electron chi connectivity index (χ1n) is 8.71. The van der Waals surface area contributed by atoms with E-state index in [9.17, 15) is 4.79 Å². The normalized spacial score (nSPS) is 31.3. The summed E-state index contributed by atoms with van der Waals surface area (Å²) >= 11 is 0. The van der Waals surface area contributed by atoms with Crippen molar-refractivity contribution < 1.29 is 19.0 Å². The molecule has 2 aromatic rings. The van der Waals surface area contributed by atoms with Crippen LogP contribution in [0.2, 0.25) is 0 Å². The van der Waals surface area contributed by atoms with Gasteiger partial charge in [-0.3, -0.25) is 4.79 Å². The highest BCUT2D eigenvalue weighted by Crippen LogP contribution is 2.56. The molecule has 4 heteroatoms. The fourth-order valence-corrected chi connectivity index (χ4v) is 4.26. The van der Waals surface area contributed by atoms with E-state index in [2.05, 4.69) is 24.3 Å². The number of hydrogen-bond donors (Lipinski definition) is 0. The van der Waals surface area contributed by atoms with E-state index in [1.807, 2.05) is 36.4 Å². The largest absolute Gasteiger partial charge is 0.468 e. The van der Waals surface area contributed by atoms with Crippen LogP contribution in [0, 0.1) is 5.41 Å². The number of fused-ring (bicyclic) bond motifs is 1. The zero-order chi connectivity index (χ0) is 17.3. The van der Waals surface area contributed by atoms with Crippen LogP contribution in [0.3, 0.4) is 0 Å². The topological polar surface area (TPSA) is 44.8 Å². The van der Waals surface area contributed by atoms with Gasteiger partial charge < -0.3 is 14.2 Å². The van der Waals surface area contributed by atoms with E-state index >= 15 is 0 Å². The molecular weight excluding hydrogens is 316 g/mol. The van der Waals surface area contributed by atoms with Gasteiger partial charge in [0.15, 0.2) is 6.29 Å². The van der Waals surface area contributed by atoms with Gasteiger partial charge in [-0.1, -0.05) is 60.7 Å². The summed E-state index contributed by atoms with van der Waals surface area (Å²) in [5, 5.41) is 0. The smallest absolute Gasteiger partial charge is 0.317 e. The van der Waals surface area contributed by atoms with Gasteiger partial charge in [-0.25, -0.2) is 0 Å². The van der Waals surface area contributed by atoms with Crippen LogP contribution in [0.5, 0.6) is 0 Å². The quantitative estimate of drug-likeness (QED) is 0.798. The van der Waals surface area contributed by atoms with Crippen LogP contribution in [-0.2, 0) is 19.0 Å². The minimum Gasteiger partial charge on any atom is -0.468 e. The van der Waals surface area contributed by atoms with Crippen molar-refractivity contribution in [2.75, 3.05) is 13.7 Å². The lowest BCUT2D eigenvalue weighted by atomic mass is 9.66. The van der Waals surface area contributed by atoms with Crippen LogP contribution in [-0.4, -0.2) is 26.0 Å². The standard InChI is InChI=1S/C21H22O4/c1-23-19(22)21-12-13-24-20(21)25-18(16-10-6-3-7-11-16)14-17(21)15-8-4-2-5-9-15/h2-11,17-18,20H,12-14H2,1H3/t17-,18+,20+,21-/m1/s1. The summed E-state index contributed by atoms with van der Waals surface area (Å²) < 4.78 is 17.3. The van der Waals surface area contributed by atoms with Crippen LogP contribution in [0.1, 0.15) is 36.0 Å². The molecule has 0 unspecified atom stereocenters. The second-order valence-electron chi connectivity index (χ2n) is 6.72.